The van der Waals surface area contributed by atoms with E-state index in [1.165, 1.54) is 39.4 Å². The first-order valence-corrected chi connectivity index (χ1v) is 10.3. The molecular weight excluding hydrogens is 376 g/mol. The molecule has 0 radical (unpaired) electrons. The minimum absolute atomic E-state index is 0.711. The first-order chi connectivity index (χ1) is 13.2. The number of halogens is 1. The topological polar surface area (TPSA) is 16.4 Å². The Morgan fingerprint density at radius 1 is 1.22 bits per heavy atom. The largest absolute Gasteiger partial charge is 0.497 e. The van der Waals surface area contributed by atoms with Gasteiger partial charge in [-0.05, 0) is 59.8 Å². The molecule has 3 heterocycles. The lowest BCUT2D eigenvalue weighted by Gasteiger charge is -2.27. The van der Waals surface area contributed by atoms with Crippen molar-refractivity contribution in [3.05, 3.63) is 63.8 Å². The highest BCUT2D eigenvalue weighted by molar-refractivity contribution is 8.03. The highest BCUT2D eigenvalue weighted by Crippen LogP contribution is 2.50. The summed E-state index contributed by atoms with van der Waals surface area (Å²) in [6.45, 7) is 1.07. The molecule has 0 fully saturated rings. The maximum absolute atomic E-state index is 6.54. The van der Waals surface area contributed by atoms with Gasteiger partial charge in [0, 0.05) is 17.5 Å². The minimum Gasteiger partial charge on any atom is -0.497 e. The van der Waals surface area contributed by atoms with Crippen molar-refractivity contribution in [3.63, 3.8) is 0 Å². The van der Waals surface area contributed by atoms with Crippen LogP contribution in [0.15, 0.2) is 52.4 Å². The summed E-state index contributed by atoms with van der Waals surface area (Å²) in [6, 6.07) is 14.9. The number of aromatic nitrogens is 1. The van der Waals surface area contributed by atoms with E-state index in [0.29, 0.717) is 5.15 Å². The molecule has 5 heteroatoms. The van der Waals surface area contributed by atoms with E-state index >= 15 is 0 Å². The number of para-hydroxylation sites is 1. The van der Waals surface area contributed by atoms with Crippen molar-refractivity contribution in [2.45, 2.75) is 17.7 Å². The Bertz CT molecular complexity index is 1110. The summed E-state index contributed by atoms with van der Waals surface area (Å²) < 4.78 is 7.40. The van der Waals surface area contributed by atoms with Crippen molar-refractivity contribution in [1.29, 1.82) is 0 Å². The standard InChI is InChI=1S/C22H20ClN2OS/c1-24-18-13-16(26-2)8-9-17(18)15(11-20(24)23)12-21-25-10-4-6-14-5-3-7-19(27-21)22(14)25/h3,5,7-9,11-13H,4,6,10H2,1-2H3/q+1. The molecule has 27 heavy (non-hydrogen) atoms. The van der Waals surface area contributed by atoms with Crippen LogP contribution in [0.5, 0.6) is 5.75 Å². The number of thioether (sulfide) groups is 1. The number of nitrogens with zero attached hydrogens (tertiary/aromatic N) is 2. The number of benzene rings is 2. The van der Waals surface area contributed by atoms with Crippen LogP contribution in [0.25, 0.3) is 17.0 Å². The third-order valence-electron chi connectivity index (χ3n) is 5.41. The summed E-state index contributed by atoms with van der Waals surface area (Å²) in [5.74, 6) is 0.835. The number of ether oxygens (including phenoxy) is 1. The van der Waals surface area contributed by atoms with Gasteiger partial charge in [0.15, 0.2) is 0 Å². The molecule has 0 bridgehead atoms. The van der Waals surface area contributed by atoms with Gasteiger partial charge < -0.3 is 9.64 Å². The van der Waals surface area contributed by atoms with E-state index in [1.54, 1.807) is 7.11 Å². The monoisotopic (exact) mass is 395 g/mol. The Morgan fingerprint density at radius 2 is 2.11 bits per heavy atom. The van der Waals surface area contributed by atoms with Crippen LogP contribution in [-0.4, -0.2) is 13.7 Å². The van der Waals surface area contributed by atoms with Gasteiger partial charge >= 0.3 is 0 Å². The summed E-state index contributed by atoms with van der Waals surface area (Å²) in [6.07, 6.45) is 4.64. The van der Waals surface area contributed by atoms with Gasteiger partial charge in [0.1, 0.15) is 12.8 Å². The van der Waals surface area contributed by atoms with Gasteiger partial charge in [-0.3, -0.25) is 0 Å². The van der Waals surface area contributed by atoms with Crippen LogP contribution in [0, 0.1) is 0 Å². The Hall–Kier alpha value is -2.17. The van der Waals surface area contributed by atoms with Gasteiger partial charge in [-0.1, -0.05) is 23.9 Å². The average molecular weight is 396 g/mol. The molecule has 0 saturated heterocycles. The van der Waals surface area contributed by atoms with Gasteiger partial charge in [-0.15, -0.1) is 0 Å². The summed E-state index contributed by atoms with van der Waals surface area (Å²) in [4.78, 5) is 3.83. The Kier molecular flexibility index (Phi) is 4.06. The lowest BCUT2D eigenvalue weighted by molar-refractivity contribution is -0.642. The second-order valence-corrected chi connectivity index (χ2v) is 8.42. The molecule has 0 unspecified atom stereocenters. The number of pyridine rings is 1. The van der Waals surface area contributed by atoms with Crippen molar-refractivity contribution >= 4 is 46.0 Å². The average Bonchev–Trinajstić information content (AvgIpc) is 3.05. The number of fused-ring (bicyclic) bond motifs is 1. The highest BCUT2D eigenvalue weighted by Gasteiger charge is 2.30. The van der Waals surface area contributed by atoms with Gasteiger partial charge in [0.2, 0.25) is 5.52 Å². The quantitative estimate of drug-likeness (QED) is 0.439. The van der Waals surface area contributed by atoms with Crippen molar-refractivity contribution in [1.82, 2.24) is 0 Å². The minimum atomic E-state index is 0.711. The van der Waals surface area contributed by atoms with E-state index in [2.05, 4.69) is 41.3 Å². The molecule has 0 saturated carbocycles. The number of anilines is 1. The summed E-state index contributed by atoms with van der Waals surface area (Å²) in [5.41, 5.74) is 5.06. The fraction of sp³-hybridized carbons (Fsp3) is 0.227. The van der Waals surface area contributed by atoms with E-state index in [-0.39, 0.29) is 0 Å². The van der Waals surface area contributed by atoms with Crippen LogP contribution in [-0.2, 0) is 13.5 Å². The molecule has 136 valence electrons. The van der Waals surface area contributed by atoms with Crippen LogP contribution >= 0.6 is 23.4 Å². The number of rotatable bonds is 2. The molecule has 0 amide bonds. The molecule has 0 aliphatic carbocycles. The Labute approximate surface area is 168 Å². The van der Waals surface area contributed by atoms with Crippen molar-refractivity contribution < 1.29 is 9.30 Å². The van der Waals surface area contributed by atoms with Gasteiger partial charge in [0.05, 0.1) is 29.3 Å². The lowest BCUT2D eigenvalue weighted by Crippen LogP contribution is -2.30. The molecule has 1 aromatic heterocycles. The van der Waals surface area contributed by atoms with Crippen LogP contribution < -0.4 is 14.2 Å². The number of aryl methyl sites for hydroxylation is 2. The van der Waals surface area contributed by atoms with E-state index in [4.69, 9.17) is 16.3 Å². The molecule has 0 N–H and O–H groups in total. The van der Waals surface area contributed by atoms with Gasteiger partial charge in [-0.25, -0.2) is 0 Å². The first kappa shape index (κ1) is 17.0. The van der Waals surface area contributed by atoms with Crippen LogP contribution in [0.2, 0.25) is 5.15 Å². The number of hydrogen-bond acceptors (Lipinski definition) is 3. The first-order valence-electron chi connectivity index (χ1n) is 9.11. The molecule has 3 nitrogen and oxygen atoms in total. The van der Waals surface area contributed by atoms with E-state index in [1.807, 2.05) is 35.5 Å². The predicted octanol–water partition coefficient (Wildman–Crippen LogP) is 5.18. The molecule has 2 aromatic carbocycles. The van der Waals surface area contributed by atoms with Crippen LogP contribution in [0.3, 0.4) is 0 Å². The van der Waals surface area contributed by atoms with E-state index < -0.39 is 0 Å². The SMILES string of the molecule is COc1ccc2c(/C=C3/Sc4cccc5c4N3CCC5)cc(Cl)[n+](C)c2c1. The molecular formula is C22H20ClN2OS+. The molecule has 3 aromatic rings. The molecule has 0 atom stereocenters. The zero-order valence-corrected chi connectivity index (χ0v) is 16.9. The van der Waals surface area contributed by atoms with Crippen LogP contribution in [0.1, 0.15) is 17.5 Å². The Morgan fingerprint density at radius 3 is 2.96 bits per heavy atom. The van der Waals surface area contributed by atoms with Crippen molar-refractivity contribution in [3.8, 4) is 5.75 Å². The third-order valence-corrected chi connectivity index (χ3v) is 6.87. The Balaban J connectivity index is 1.67. The molecule has 2 aliphatic heterocycles. The van der Waals surface area contributed by atoms with E-state index in [9.17, 15) is 0 Å². The molecule has 5 rings (SSSR count). The zero-order valence-electron chi connectivity index (χ0n) is 15.3. The second-order valence-electron chi connectivity index (χ2n) is 6.97. The van der Waals surface area contributed by atoms with Gasteiger partial charge in [-0.2, -0.15) is 4.57 Å². The maximum Gasteiger partial charge on any atom is 0.275 e. The fourth-order valence-corrected chi connectivity index (χ4v) is 5.42. The molecule has 2 aliphatic rings. The number of methoxy groups -OCH3 is 1. The van der Waals surface area contributed by atoms with Gasteiger partial charge in [0.25, 0.3) is 5.15 Å². The second kappa shape index (κ2) is 6.47. The summed E-state index contributed by atoms with van der Waals surface area (Å²) >= 11 is 8.40. The number of hydrogen-bond donors (Lipinski definition) is 0. The van der Waals surface area contributed by atoms with Crippen molar-refractivity contribution in [2.24, 2.45) is 7.05 Å². The highest BCUT2D eigenvalue weighted by atomic mass is 35.5. The smallest absolute Gasteiger partial charge is 0.275 e. The predicted molar refractivity (Wildman–Crippen MR) is 113 cm³/mol. The third kappa shape index (κ3) is 2.70. The zero-order chi connectivity index (χ0) is 18.5. The van der Waals surface area contributed by atoms with Crippen molar-refractivity contribution in [2.75, 3.05) is 18.6 Å². The van der Waals surface area contributed by atoms with E-state index in [0.717, 1.165) is 23.4 Å². The fourth-order valence-electron chi connectivity index (χ4n) is 4.02. The summed E-state index contributed by atoms with van der Waals surface area (Å²) in [5, 5.41) is 3.16. The maximum atomic E-state index is 6.54. The summed E-state index contributed by atoms with van der Waals surface area (Å²) in [7, 11) is 3.67. The molecule has 0 spiro atoms. The lowest BCUT2D eigenvalue weighted by atomic mass is 10.0. The van der Waals surface area contributed by atoms with Crippen LogP contribution in [0.4, 0.5) is 5.69 Å². The normalized spacial score (nSPS) is 16.9.